The summed E-state index contributed by atoms with van der Waals surface area (Å²) >= 11 is 7.83. The summed E-state index contributed by atoms with van der Waals surface area (Å²) in [5.74, 6) is 0.213. The number of piperazine rings is 1. The van der Waals surface area contributed by atoms with E-state index in [0.717, 1.165) is 6.54 Å². The van der Waals surface area contributed by atoms with E-state index in [1.807, 2.05) is 4.90 Å². The molecule has 0 aromatic heterocycles. The topological polar surface area (TPSA) is 82.1 Å². The number of amidine groups is 1. The number of carbonyl (C=O) groups excluding carboxylic acids is 1. The number of fused-ring (bicyclic) bond motifs is 1. The number of carbonyl (C=O) groups is 1. The summed E-state index contributed by atoms with van der Waals surface area (Å²) in [6.07, 6.45) is 0. The third-order valence-corrected chi connectivity index (χ3v) is 9.99. The van der Waals surface area contributed by atoms with Gasteiger partial charge < -0.3 is 15.1 Å². The molecule has 3 heterocycles. The lowest BCUT2D eigenvalue weighted by molar-refractivity contribution is 0.0726. The van der Waals surface area contributed by atoms with Crippen molar-refractivity contribution >= 4 is 55.6 Å². The summed E-state index contributed by atoms with van der Waals surface area (Å²) in [7, 11) is -3.00. The molecule has 1 N–H and O–H groups in total. The smallest absolute Gasteiger partial charge is 0.254 e. The molecule has 2 aromatic rings. The number of nitrogens with one attached hydrogen (secondary N) is 1. The molecule has 1 amide bonds. The fraction of sp³-hybridized carbons (Fsp3) is 0.417. The number of aryl methyl sites for hydroxylation is 1. The van der Waals surface area contributed by atoms with Gasteiger partial charge in [-0.2, -0.15) is 0 Å². The van der Waals surface area contributed by atoms with Gasteiger partial charge in [0.1, 0.15) is 0 Å². The Morgan fingerprint density at radius 2 is 2.00 bits per heavy atom. The number of nitrogens with zero attached hydrogens (tertiary/aromatic N) is 3. The predicted octanol–water partition coefficient (Wildman–Crippen LogP) is 3.68. The highest BCUT2D eigenvalue weighted by atomic mass is 35.5. The van der Waals surface area contributed by atoms with Crippen molar-refractivity contribution in [2.75, 3.05) is 41.4 Å². The Labute approximate surface area is 209 Å². The minimum absolute atomic E-state index is 0.0283. The maximum absolute atomic E-state index is 13.3. The highest BCUT2D eigenvalue weighted by molar-refractivity contribution is 8.15. The molecule has 34 heavy (non-hydrogen) atoms. The van der Waals surface area contributed by atoms with Crippen molar-refractivity contribution in [3.8, 4) is 0 Å². The number of amides is 1. The Bertz CT molecular complexity index is 1270. The van der Waals surface area contributed by atoms with Crippen LogP contribution in [0.1, 0.15) is 22.8 Å². The van der Waals surface area contributed by atoms with E-state index in [1.165, 1.54) is 23.0 Å². The van der Waals surface area contributed by atoms with Gasteiger partial charge in [0.05, 0.1) is 28.3 Å². The van der Waals surface area contributed by atoms with E-state index in [4.69, 9.17) is 11.6 Å². The predicted molar refractivity (Wildman–Crippen MR) is 140 cm³/mol. The van der Waals surface area contributed by atoms with E-state index in [2.05, 4.69) is 53.3 Å². The maximum atomic E-state index is 13.3. The van der Waals surface area contributed by atoms with E-state index in [-0.39, 0.29) is 34.7 Å². The minimum atomic E-state index is -3.00. The highest BCUT2D eigenvalue weighted by Gasteiger charge is 2.42. The van der Waals surface area contributed by atoms with E-state index in [1.54, 1.807) is 18.2 Å². The molecule has 3 aliphatic heterocycles. The molecule has 3 atom stereocenters. The average molecular weight is 519 g/mol. The molecule has 2 saturated heterocycles. The largest absolute Gasteiger partial charge is 0.365 e. The fourth-order valence-electron chi connectivity index (χ4n) is 4.80. The van der Waals surface area contributed by atoms with Crippen molar-refractivity contribution in [1.29, 1.82) is 0 Å². The van der Waals surface area contributed by atoms with Crippen LogP contribution in [0, 0.1) is 6.92 Å². The fourth-order valence-corrected chi connectivity index (χ4v) is 8.63. The summed E-state index contributed by atoms with van der Waals surface area (Å²) in [5.41, 5.74) is 3.58. The number of aliphatic imine (C=N–C) groups is 1. The van der Waals surface area contributed by atoms with Gasteiger partial charge in [-0.3, -0.25) is 9.79 Å². The molecule has 2 aromatic carbocycles. The van der Waals surface area contributed by atoms with E-state index in [0.29, 0.717) is 34.5 Å². The zero-order chi connectivity index (χ0) is 24.0. The molecule has 10 heteroatoms. The standard InChI is InChI=1S/C24H27ClN4O3S2/c1-15-4-3-5-18(10-15)29-9-8-28(12-16(29)2)23(30)17-6-7-19(25)20(11-17)26-24-27-21-13-34(31,32)14-22(21)33-24/h3-7,10-11,16,21-22H,8-9,12-14H2,1-2H3,(H,26,27)/t16?,21-,22+/m1/s1. The molecule has 0 spiro atoms. The summed E-state index contributed by atoms with van der Waals surface area (Å²) in [6.45, 7) is 6.28. The molecule has 180 valence electrons. The number of thioether (sulfide) groups is 1. The van der Waals surface area contributed by atoms with Gasteiger partial charge in [-0.15, -0.1) is 0 Å². The van der Waals surface area contributed by atoms with Gasteiger partial charge in [-0.05, 0) is 49.7 Å². The van der Waals surface area contributed by atoms with Crippen molar-refractivity contribution in [2.45, 2.75) is 31.2 Å². The Balaban J connectivity index is 1.27. The maximum Gasteiger partial charge on any atom is 0.254 e. The van der Waals surface area contributed by atoms with Crippen LogP contribution < -0.4 is 10.2 Å². The van der Waals surface area contributed by atoms with Crippen molar-refractivity contribution in [3.05, 3.63) is 58.6 Å². The molecule has 0 aliphatic carbocycles. The molecule has 0 saturated carbocycles. The molecular weight excluding hydrogens is 492 g/mol. The SMILES string of the molecule is Cc1cccc(N2CCN(C(=O)c3ccc(Cl)c(NC4=N[C@@H]5CS(=O)(=O)C[C@@H]5S4)c3)CC2C)c1. The van der Waals surface area contributed by atoms with E-state index >= 15 is 0 Å². The third-order valence-electron chi connectivity index (χ3n) is 6.52. The molecule has 0 radical (unpaired) electrons. The summed E-state index contributed by atoms with van der Waals surface area (Å²) in [6, 6.07) is 13.7. The lowest BCUT2D eigenvalue weighted by atomic mass is 10.1. The van der Waals surface area contributed by atoms with Crippen LogP contribution in [0.15, 0.2) is 47.5 Å². The Morgan fingerprint density at radius 3 is 2.74 bits per heavy atom. The van der Waals surface area contributed by atoms with Crippen LogP contribution in [0.2, 0.25) is 5.02 Å². The lowest BCUT2D eigenvalue weighted by Crippen LogP contribution is -2.53. The molecule has 5 rings (SSSR count). The number of rotatable bonds is 3. The van der Waals surface area contributed by atoms with Crippen LogP contribution in [0.4, 0.5) is 11.4 Å². The first-order valence-electron chi connectivity index (χ1n) is 11.3. The van der Waals surface area contributed by atoms with E-state index < -0.39 is 9.84 Å². The van der Waals surface area contributed by atoms with Crippen molar-refractivity contribution in [2.24, 2.45) is 4.99 Å². The van der Waals surface area contributed by atoms with Gasteiger partial charge >= 0.3 is 0 Å². The molecule has 3 aliphatic rings. The lowest BCUT2D eigenvalue weighted by Gasteiger charge is -2.41. The molecular formula is C24H27ClN4O3S2. The third kappa shape index (κ3) is 4.78. The van der Waals surface area contributed by atoms with Crippen molar-refractivity contribution < 1.29 is 13.2 Å². The van der Waals surface area contributed by atoms with Crippen LogP contribution in [-0.2, 0) is 9.84 Å². The summed E-state index contributed by atoms with van der Waals surface area (Å²) < 4.78 is 23.6. The van der Waals surface area contributed by atoms with E-state index in [9.17, 15) is 13.2 Å². The number of halogens is 1. The highest BCUT2D eigenvalue weighted by Crippen LogP contribution is 2.36. The number of hydrogen-bond donors (Lipinski definition) is 1. The molecule has 0 bridgehead atoms. The van der Waals surface area contributed by atoms with Crippen LogP contribution >= 0.6 is 23.4 Å². The van der Waals surface area contributed by atoms with Crippen LogP contribution in [-0.4, -0.2) is 72.9 Å². The normalized spacial score (nSPS) is 25.7. The van der Waals surface area contributed by atoms with Gasteiger partial charge in [0, 0.05) is 42.2 Å². The van der Waals surface area contributed by atoms with Crippen molar-refractivity contribution in [3.63, 3.8) is 0 Å². The van der Waals surface area contributed by atoms with Gasteiger partial charge in [-0.25, -0.2) is 8.42 Å². The van der Waals surface area contributed by atoms with Crippen molar-refractivity contribution in [1.82, 2.24) is 4.90 Å². The molecule has 1 unspecified atom stereocenters. The number of sulfone groups is 1. The Kier molecular flexibility index (Phi) is 6.29. The number of anilines is 2. The van der Waals surface area contributed by atoms with Gasteiger partial charge in [0.15, 0.2) is 15.0 Å². The molecule has 7 nitrogen and oxygen atoms in total. The van der Waals surface area contributed by atoms with Crippen LogP contribution in [0.5, 0.6) is 0 Å². The Morgan fingerprint density at radius 1 is 1.18 bits per heavy atom. The minimum Gasteiger partial charge on any atom is -0.365 e. The summed E-state index contributed by atoms with van der Waals surface area (Å²) in [5, 5.41) is 4.30. The first-order chi connectivity index (χ1) is 16.2. The molecule has 2 fully saturated rings. The van der Waals surface area contributed by atoms with Crippen LogP contribution in [0.25, 0.3) is 0 Å². The zero-order valence-electron chi connectivity index (χ0n) is 19.1. The number of hydrogen-bond acceptors (Lipinski definition) is 7. The monoisotopic (exact) mass is 518 g/mol. The van der Waals surface area contributed by atoms with Gasteiger partial charge in [0.2, 0.25) is 0 Å². The summed E-state index contributed by atoms with van der Waals surface area (Å²) in [4.78, 5) is 22.1. The quantitative estimate of drug-likeness (QED) is 0.667. The zero-order valence-corrected chi connectivity index (χ0v) is 21.5. The second-order valence-electron chi connectivity index (χ2n) is 9.19. The first-order valence-corrected chi connectivity index (χ1v) is 14.4. The first kappa shape index (κ1) is 23.5. The van der Waals surface area contributed by atoms with Crippen LogP contribution in [0.3, 0.4) is 0 Å². The second kappa shape index (κ2) is 9.09. The van der Waals surface area contributed by atoms with Gasteiger partial charge in [-0.1, -0.05) is 35.5 Å². The van der Waals surface area contributed by atoms with Gasteiger partial charge in [0.25, 0.3) is 5.91 Å². The average Bonchev–Trinajstić information content (AvgIpc) is 3.27. The number of benzene rings is 2. The Hall–Kier alpha value is -2.23. The second-order valence-corrected chi connectivity index (χ2v) is 13.0.